The van der Waals surface area contributed by atoms with Crippen molar-refractivity contribution in [3.63, 3.8) is 0 Å². The molecule has 0 atom stereocenters. The van der Waals surface area contributed by atoms with Gasteiger partial charge in [0.2, 0.25) is 0 Å². The van der Waals surface area contributed by atoms with E-state index < -0.39 is 0 Å². The average molecular weight is 368 g/mol. The SMILES string of the molecule is CC(=O)c1ccccc1NC(=O)c1c(C)nn(Cc2ccccc2)c1Cl. The normalized spacial score (nSPS) is 10.6. The molecule has 1 aromatic heterocycles. The van der Waals surface area contributed by atoms with Gasteiger partial charge in [0.25, 0.3) is 5.91 Å². The second-order valence-corrected chi connectivity index (χ2v) is 6.31. The first-order valence-corrected chi connectivity index (χ1v) is 8.53. The first-order valence-electron chi connectivity index (χ1n) is 8.15. The van der Waals surface area contributed by atoms with E-state index in [4.69, 9.17) is 11.6 Å². The minimum absolute atomic E-state index is 0.122. The molecule has 1 N–H and O–H groups in total. The number of carbonyl (C=O) groups excluding carboxylic acids is 2. The number of amides is 1. The number of para-hydroxylation sites is 1. The molecule has 0 unspecified atom stereocenters. The summed E-state index contributed by atoms with van der Waals surface area (Å²) in [6, 6.07) is 16.6. The number of rotatable bonds is 5. The van der Waals surface area contributed by atoms with Crippen molar-refractivity contribution in [3.8, 4) is 0 Å². The maximum atomic E-state index is 12.7. The summed E-state index contributed by atoms with van der Waals surface area (Å²) in [5.74, 6) is -0.510. The number of hydrogen-bond donors (Lipinski definition) is 1. The summed E-state index contributed by atoms with van der Waals surface area (Å²) in [4.78, 5) is 24.5. The molecule has 1 amide bonds. The van der Waals surface area contributed by atoms with E-state index in [2.05, 4.69) is 10.4 Å². The molecule has 132 valence electrons. The summed E-state index contributed by atoms with van der Waals surface area (Å²) in [5.41, 5.74) is 2.78. The molecule has 1 heterocycles. The number of nitrogens with one attached hydrogen (secondary N) is 1. The van der Waals surface area contributed by atoms with Crippen molar-refractivity contribution in [3.05, 3.63) is 82.1 Å². The largest absolute Gasteiger partial charge is 0.321 e. The predicted octanol–water partition coefficient (Wildman–Crippen LogP) is 4.35. The van der Waals surface area contributed by atoms with Crippen LogP contribution < -0.4 is 5.32 Å². The number of aryl methyl sites for hydroxylation is 1. The van der Waals surface area contributed by atoms with E-state index in [1.54, 1.807) is 35.9 Å². The smallest absolute Gasteiger partial charge is 0.260 e. The first kappa shape index (κ1) is 17.9. The van der Waals surface area contributed by atoms with Gasteiger partial charge >= 0.3 is 0 Å². The van der Waals surface area contributed by atoms with E-state index in [9.17, 15) is 9.59 Å². The van der Waals surface area contributed by atoms with E-state index >= 15 is 0 Å². The van der Waals surface area contributed by atoms with Crippen LogP contribution in [0.5, 0.6) is 0 Å². The van der Waals surface area contributed by atoms with Crippen LogP contribution in [0.1, 0.15) is 38.9 Å². The van der Waals surface area contributed by atoms with Gasteiger partial charge in [0, 0.05) is 5.56 Å². The van der Waals surface area contributed by atoms with E-state index in [-0.39, 0.29) is 16.8 Å². The zero-order valence-electron chi connectivity index (χ0n) is 14.5. The van der Waals surface area contributed by atoms with Gasteiger partial charge in [-0.25, -0.2) is 4.68 Å². The highest BCUT2D eigenvalue weighted by Gasteiger charge is 2.21. The molecule has 26 heavy (non-hydrogen) atoms. The van der Waals surface area contributed by atoms with Gasteiger partial charge in [0.15, 0.2) is 5.78 Å². The Labute approximate surface area is 156 Å². The molecule has 0 spiro atoms. The van der Waals surface area contributed by atoms with Crippen LogP contribution in [0.2, 0.25) is 5.15 Å². The lowest BCUT2D eigenvalue weighted by Crippen LogP contribution is -2.15. The van der Waals surface area contributed by atoms with Gasteiger partial charge in [0.05, 0.1) is 23.5 Å². The second kappa shape index (κ2) is 7.54. The van der Waals surface area contributed by atoms with Crippen LogP contribution in [-0.2, 0) is 6.54 Å². The van der Waals surface area contributed by atoms with Crippen molar-refractivity contribution in [1.29, 1.82) is 0 Å². The number of carbonyl (C=O) groups is 2. The predicted molar refractivity (Wildman–Crippen MR) is 102 cm³/mol. The number of aromatic nitrogens is 2. The van der Waals surface area contributed by atoms with Crippen LogP contribution >= 0.6 is 11.6 Å². The number of halogens is 1. The molecular weight excluding hydrogens is 350 g/mol. The number of ketones is 1. The summed E-state index contributed by atoms with van der Waals surface area (Å²) < 4.78 is 1.60. The molecule has 0 saturated carbocycles. The van der Waals surface area contributed by atoms with Gasteiger partial charge in [-0.05, 0) is 31.5 Å². The van der Waals surface area contributed by atoms with E-state index in [0.29, 0.717) is 29.1 Å². The standard InChI is InChI=1S/C20H18ClN3O2/c1-13-18(19(21)24(23-13)12-15-8-4-3-5-9-15)20(26)22-17-11-7-6-10-16(17)14(2)25/h3-11H,12H2,1-2H3,(H,22,26). The van der Waals surface area contributed by atoms with Crippen LogP contribution in [0.4, 0.5) is 5.69 Å². The van der Waals surface area contributed by atoms with E-state index in [0.717, 1.165) is 5.56 Å². The van der Waals surface area contributed by atoms with Gasteiger partial charge in [0.1, 0.15) is 5.15 Å². The van der Waals surface area contributed by atoms with Crippen LogP contribution in [0.15, 0.2) is 54.6 Å². The summed E-state index contributed by atoms with van der Waals surface area (Å²) in [5, 5.41) is 7.42. The van der Waals surface area contributed by atoms with Crippen molar-refractivity contribution in [1.82, 2.24) is 9.78 Å². The molecule has 0 aliphatic heterocycles. The minimum atomic E-state index is -0.388. The maximum Gasteiger partial charge on any atom is 0.260 e. The molecule has 6 heteroatoms. The fraction of sp³-hybridized carbons (Fsp3) is 0.150. The Hall–Kier alpha value is -2.92. The number of benzene rings is 2. The molecule has 0 aliphatic carbocycles. The fourth-order valence-corrected chi connectivity index (χ4v) is 3.08. The summed E-state index contributed by atoms with van der Waals surface area (Å²) in [6.07, 6.45) is 0. The monoisotopic (exact) mass is 367 g/mol. The fourth-order valence-electron chi connectivity index (χ4n) is 2.76. The molecule has 0 fully saturated rings. The van der Waals surface area contributed by atoms with Crippen molar-refractivity contribution >= 4 is 29.0 Å². The van der Waals surface area contributed by atoms with Crippen molar-refractivity contribution < 1.29 is 9.59 Å². The van der Waals surface area contributed by atoms with Gasteiger partial charge < -0.3 is 5.32 Å². The topological polar surface area (TPSA) is 64.0 Å². The third-order valence-electron chi connectivity index (χ3n) is 4.02. The third-order valence-corrected chi connectivity index (χ3v) is 4.41. The Morgan fingerprint density at radius 1 is 1.08 bits per heavy atom. The summed E-state index contributed by atoms with van der Waals surface area (Å²) in [6.45, 7) is 3.66. The quantitative estimate of drug-likeness (QED) is 0.682. The Bertz CT molecular complexity index is 964. The summed E-state index contributed by atoms with van der Waals surface area (Å²) in [7, 11) is 0. The molecule has 0 radical (unpaired) electrons. The molecule has 2 aromatic carbocycles. The molecule has 0 bridgehead atoms. The Morgan fingerprint density at radius 3 is 2.42 bits per heavy atom. The summed E-state index contributed by atoms with van der Waals surface area (Å²) >= 11 is 6.42. The van der Waals surface area contributed by atoms with Crippen LogP contribution in [0, 0.1) is 6.92 Å². The molecule has 3 aromatic rings. The number of anilines is 1. The van der Waals surface area contributed by atoms with Crippen molar-refractivity contribution in [2.24, 2.45) is 0 Å². The van der Waals surface area contributed by atoms with Crippen LogP contribution in [-0.4, -0.2) is 21.5 Å². The Balaban J connectivity index is 1.88. The molecular formula is C20H18ClN3O2. The number of hydrogen-bond acceptors (Lipinski definition) is 3. The van der Waals surface area contributed by atoms with Crippen molar-refractivity contribution in [2.75, 3.05) is 5.32 Å². The zero-order valence-corrected chi connectivity index (χ0v) is 15.2. The van der Waals surface area contributed by atoms with Gasteiger partial charge in [-0.3, -0.25) is 9.59 Å². The van der Waals surface area contributed by atoms with Gasteiger partial charge in [-0.1, -0.05) is 54.1 Å². The van der Waals surface area contributed by atoms with Gasteiger partial charge in [-0.15, -0.1) is 0 Å². The molecule has 3 rings (SSSR count). The lowest BCUT2D eigenvalue weighted by Gasteiger charge is -2.09. The lowest BCUT2D eigenvalue weighted by molar-refractivity contribution is 0.101. The average Bonchev–Trinajstić information content (AvgIpc) is 2.89. The third kappa shape index (κ3) is 3.68. The van der Waals surface area contributed by atoms with E-state index in [1.807, 2.05) is 30.3 Å². The first-order chi connectivity index (χ1) is 12.5. The minimum Gasteiger partial charge on any atom is -0.321 e. The Morgan fingerprint density at radius 2 is 1.73 bits per heavy atom. The maximum absolute atomic E-state index is 12.7. The van der Waals surface area contributed by atoms with Crippen molar-refractivity contribution in [2.45, 2.75) is 20.4 Å². The van der Waals surface area contributed by atoms with E-state index in [1.165, 1.54) is 6.92 Å². The highest BCUT2D eigenvalue weighted by Crippen LogP contribution is 2.23. The molecule has 5 nitrogen and oxygen atoms in total. The zero-order chi connectivity index (χ0) is 18.7. The molecule has 0 aliphatic rings. The van der Waals surface area contributed by atoms with Gasteiger partial charge in [-0.2, -0.15) is 5.10 Å². The van der Waals surface area contributed by atoms with Crippen LogP contribution in [0.3, 0.4) is 0 Å². The number of nitrogens with zero attached hydrogens (tertiary/aromatic N) is 2. The highest BCUT2D eigenvalue weighted by atomic mass is 35.5. The second-order valence-electron chi connectivity index (χ2n) is 5.95. The molecule has 0 saturated heterocycles. The number of Topliss-reactive ketones (excluding diaryl/α,β-unsaturated/α-hetero) is 1. The Kier molecular flexibility index (Phi) is 5.19. The van der Waals surface area contributed by atoms with Crippen LogP contribution in [0.25, 0.3) is 0 Å². The highest BCUT2D eigenvalue weighted by molar-refractivity contribution is 6.33. The lowest BCUT2D eigenvalue weighted by atomic mass is 10.1.